The highest BCUT2D eigenvalue weighted by Gasteiger charge is 2.10. The predicted octanol–water partition coefficient (Wildman–Crippen LogP) is 3.62. The summed E-state index contributed by atoms with van der Waals surface area (Å²) in [5.41, 5.74) is 3.98. The van der Waals surface area contributed by atoms with Crippen molar-refractivity contribution in [2.45, 2.75) is 0 Å². The topological polar surface area (TPSA) is 33.1 Å². The van der Waals surface area contributed by atoms with Gasteiger partial charge >= 0.3 is 0 Å². The minimum Gasteiger partial charge on any atom is -0.339 e. The van der Waals surface area contributed by atoms with Gasteiger partial charge in [-0.1, -0.05) is 29.8 Å². The highest BCUT2D eigenvalue weighted by molar-refractivity contribution is 6.30. The third-order valence-electron chi connectivity index (χ3n) is 3.02. The van der Waals surface area contributed by atoms with E-state index >= 15 is 0 Å². The van der Waals surface area contributed by atoms with Crippen LogP contribution in [-0.4, -0.2) is 14.4 Å². The molecule has 1 aromatic carbocycles. The molecule has 0 aliphatic carbocycles. The third kappa shape index (κ3) is 1.14. The van der Waals surface area contributed by atoms with Crippen LogP contribution in [0.4, 0.5) is 0 Å². The number of pyridine rings is 1. The Hall–Kier alpha value is -2.00. The zero-order valence-electron chi connectivity index (χ0n) is 8.81. The number of aromatic amines is 1. The Kier molecular flexibility index (Phi) is 1.61. The molecule has 3 nitrogen and oxygen atoms in total. The molecule has 1 N–H and O–H groups in total. The van der Waals surface area contributed by atoms with Gasteiger partial charge in [-0.3, -0.25) is 4.40 Å². The predicted molar refractivity (Wildman–Crippen MR) is 69.6 cm³/mol. The zero-order chi connectivity index (χ0) is 11.4. The molecule has 0 fully saturated rings. The van der Waals surface area contributed by atoms with E-state index in [1.165, 1.54) is 0 Å². The lowest BCUT2D eigenvalue weighted by Crippen LogP contribution is -1.84. The first kappa shape index (κ1) is 9.07. The van der Waals surface area contributed by atoms with Gasteiger partial charge in [0, 0.05) is 17.1 Å². The maximum Gasteiger partial charge on any atom is 0.143 e. The molecule has 17 heavy (non-hydrogen) atoms. The maximum absolute atomic E-state index is 6.01. The van der Waals surface area contributed by atoms with Crippen molar-refractivity contribution < 1.29 is 0 Å². The molecular formula is C13H8ClN3. The van der Waals surface area contributed by atoms with Crippen LogP contribution in [-0.2, 0) is 0 Å². The Morgan fingerprint density at radius 3 is 2.94 bits per heavy atom. The molecule has 4 heteroatoms. The van der Waals surface area contributed by atoms with Crippen molar-refractivity contribution in [1.82, 2.24) is 14.4 Å². The number of imidazole rings is 1. The normalized spacial score (nSPS) is 11.8. The van der Waals surface area contributed by atoms with E-state index in [4.69, 9.17) is 11.6 Å². The average Bonchev–Trinajstić information content (AvgIpc) is 2.85. The quantitative estimate of drug-likeness (QED) is 0.501. The molecule has 0 saturated carbocycles. The number of halogens is 1. The molecule has 0 saturated heterocycles. The molecule has 4 rings (SSSR count). The van der Waals surface area contributed by atoms with Crippen molar-refractivity contribution in [3.63, 3.8) is 0 Å². The van der Waals surface area contributed by atoms with E-state index < -0.39 is 0 Å². The summed E-state index contributed by atoms with van der Waals surface area (Å²) in [7, 11) is 0. The summed E-state index contributed by atoms with van der Waals surface area (Å²) in [5, 5.41) is 1.85. The molecule has 0 unspecified atom stereocenters. The first-order chi connectivity index (χ1) is 8.33. The van der Waals surface area contributed by atoms with Crippen LogP contribution < -0.4 is 0 Å². The lowest BCUT2D eigenvalue weighted by Gasteiger charge is -1.94. The average molecular weight is 242 g/mol. The van der Waals surface area contributed by atoms with Crippen molar-refractivity contribution in [1.29, 1.82) is 0 Å². The molecule has 3 aromatic heterocycles. The lowest BCUT2D eigenvalue weighted by atomic mass is 10.2. The number of para-hydroxylation sites is 1. The molecule has 82 valence electrons. The summed E-state index contributed by atoms with van der Waals surface area (Å²) in [6.45, 7) is 0. The fraction of sp³-hybridized carbons (Fsp3) is 0. The van der Waals surface area contributed by atoms with E-state index in [-0.39, 0.29) is 0 Å². The molecule has 3 heterocycles. The first-order valence-electron chi connectivity index (χ1n) is 5.37. The van der Waals surface area contributed by atoms with Crippen LogP contribution in [0.25, 0.3) is 27.7 Å². The number of hydrogen-bond acceptors (Lipinski definition) is 1. The van der Waals surface area contributed by atoms with E-state index in [1.54, 1.807) is 0 Å². The van der Waals surface area contributed by atoms with Gasteiger partial charge in [0.2, 0.25) is 0 Å². The number of H-pyrrole nitrogens is 1. The van der Waals surface area contributed by atoms with Crippen molar-refractivity contribution in [2.75, 3.05) is 0 Å². The molecule has 0 amide bonds. The fourth-order valence-electron chi connectivity index (χ4n) is 2.25. The summed E-state index contributed by atoms with van der Waals surface area (Å²) in [6, 6.07) is 11.9. The highest BCUT2D eigenvalue weighted by atomic mass is 35.5. The van der Waals surface area contributed by atoms with Gasteiger partial charge < -0.3 is 4.98 Å². The standard InChI is InChI=1S/C13H8ClN3/c14-8-5-6-11-16-12-9-3-1-2-4-10(9)15-13(12)17(11)7-8/h1-7,15H. The van der Waals surface area contributed by atoms with E-state index in [1.807, 2.05) is 40.9 Å². The van der Waals surface area contributed by atoms with Gasteiger partial charge in [-0.25, -0.2) is 4.98 Å². The molecule has 0 radical (unpaired) electrons. The minimum absolute atomic E-state index is 0.704. The monoisotopic (exact) mass is 241 g/mol. The molecule has 0 bridgehead atoms. The van der Waals surface area contributed by atoms with Crippen molar-refractivity contribution in [3.05, 3.63) is 47.6 Å². The van der Waals surface area contributed by atoms with Crippen molar-refractivity contribution >= 4 is 39.3 Å². The number of hydrogen-bond donors (Lipinski definition) is 1. The van der Waals surface area contributed by atoms with Gasteiger partial charge in [0.15, 0.2) is 0 Å². The number of fused-ring (bicyclic) bond motifs is 5. The number of aromatic nitrogens is 3. The largest absolute Gasteiger partial charge is 0.339 e. The molecule has 0 aliphatic heterocycles. The van der Waals surface area contributed by atoms with Crippen molar-refractivity contribution in [3.8, 4) is 0 Å². The summed E-state index contributed by atoms with van der Waals surface area (Å²) in [4.78, 5) is 7.99. The number of benzene rings is 1. The summed E-state index contributed by atoms with van der Waals surface area (Å²) >= 11 is 6.01. The number of nitrogens with one attached hydrogen (secondary N) is 1. The van der Waals surface area contributed by atoms with Crippen LogP contribution in [0.15, 0.2) is 42.6 Å². The Bertz CT molecular complexity index is 857. The second-order valence-electron chi connectivity index (χ2n) is 4.06. The van der Waals surface area contributed by atoms with Gasteiger partial charge in [-0.2, -0.15) is 0 Å². The van der Waals surface area contributed by atoms with E-state index in [9.17, 15) is 0 Å². The molecule has 0 spiro atoms. The Balaban J connectivity index is 2.30. The molecule has 0 aliphatic rings. The highest BCUT2D eigenvalue weighted by Crippen LogP contribution is 2.26. The Morgan fingerprint density at radius 1 is 1.12 bits per heavy atom. The van der Waals surface area contributed by atoms with E-state index in [0.717, 1.165) is 27.7 Å². The Morgan fingerprint density at radius 2 is 2.00 bits per heavy atom. The van der Waals surface area contributed by atoms with Gasteiger partial charge in [-0.05, 0) is 18.2 Å². The number of nitrogens with zero attached hydrogens (tertiary/aromatic N) is 2. The summed E-state index contributed by atoms with van der Waals surface area (Å²) in [6.07, 6.45) is 1.88. The number of rotatable bonds is 0. The third-order valence-corrected chi connectivity index (χ3v) is 3.24. The lowest BCUT2D eigenvalue weighted by molar-refractivity contribution is 1.20. The van der Waals surface area contributed by atoms with E-state index in [2.05, 4.69) is 16.0 Å². The van der Waals surface area contributed by atoms with Crippen LogP contribution >= 0.6 is 11.6 Å². The van der Waals surface area contributed by atoms with Crippen LogP contribution in [0.1, 0.15) is 0 Å². The molecule has 0 atom stereocenters. The summed E-state index contributed by atoms with van der Waals surface area (Å²) < 4.78 is 1.98. The fourth-order valence-corrected chi connectivity index (χ4v) is 2.41. The van der Waals surface area contributed by atoms with Gasteiger partial charge in [0.25, 0.3) is 0 Å². The smallest absolute Gasteiger partial charge is 0.143 e. The second kappa shape index (κ2) is 3.02. The van der Waals surface area contributed by atoms with Crippen LogP contribution in [0.2, 0.25) is 5.02 Å². The molecule has 4 aromatic rings. The summed E-state index contributed by atoms with van der Waals surface area (Å²) in [5.74, 6) is 0. The Labute approximate surface area is 102 Å². The van der Waals surface area contributed by atoms with Crippen LogP contribution in [0.3, 0.4) is 0 Å². The van der Waals surface area contributed by atoms with Gasteiger partial charge in [0.1, 0.15) is 16.8 Å². The zero-order valence-corrected chi connectivity index (χ0v) is 9.57. The molecular weight excluding hydrogens is 234 g/mol. The SMILES string of the molecule is Clc1ccc2nc3c4ccccc4[nH]c3n2c1. The first-order valence-corrected chi connectivity index (χ1v) is 5.75. The van der Waals surface area contributed by atoms with Crippen molar-refractivity contribution in [2.24, 2.45) is 0 Å². The maximum atomic E-state index is 6.01. The second-order valence-corrected chi connectivity index (χ2v) is 4.49. The van der Waals surface area contributed by atoms with Crippen LogP contribution in [0, 0.1) is 0 Å². The van der Waals surface area contributed by atoms with Crippen LogP contribution in [0.5, 0.6) is 0 Å². The minimum atomic E-state index is 0.704. The van der Waals surface area contributed by atoms with Gasteiger partial charge in [-0.15, -0.1) is 0 Å². The van der Waals surface area contributed by atoms with Gasteiger partial charge in [0.05, 0.1) is 5.02 Å². The van der Waals surface area contributed by atoms with E-state index in [0.29, 0.717) is 5.02 Å².